The Morgan fingerprint density at radius 2 is 1.87 bits per heavy atom. The predicted molar refractivity (Wildman–Crippen MR) is 109 cm³/mol. The molecule has 1 aromatic heterocycles. The van der Waals surface area contributed by atoms with Crippen LogP contribution in [0.15, 0.2) is 59.6 Å². The van der Waals surface area contributed by atoms with E-state index in [0.717, 1.165) is 4.31 Å². The molecule has 0 spiro atoms. The fourth-order valence-corrected chi connectivity index (χ4v) is 4.73. The summed E-state index contributed by atoms with van der Waals surface area (Å²) < 4.78 is 27.2. The number of hydrogen-bond donors (Lipinski definition) is 1. The van der Waals surface area contributed by atoms with E-state index in [9.17, 15) is 22.8 Å². The van der Waals surface area contributed by atoms with Gasteiger partial charge in [0.25, 0.3) is 15.9 Å². The Labute approximate surface area is 177 Å². The van der Waals surface area contributed by atoms with Gasteiger partial charge in [-0.1, -0.05) is 29.5 Å². The summed E-state index contributed by atoms with van der Waals surface area (Å²) in [5.41, 5.74) is 1.26. The van der Waals surface area contributed by atoms with Gasteiger partial charge in [0, 0.05) is 11.3 Å². The second-order valence-electron chi connectivity index (χ2n) is 6.91. The molecule has 0 fully saturated rings. The Bertz CT molecular complexity index is 1310. The molecule has 11 heteroatoms. The smallest absolute Gasteiger partial charge is 0.269 e. The van der Waals surface area contributed by atoms with Gasteiger partial charge in [-0.2, -0.15) is 0 Å². The van der Waals surface area contributed by atoms with Gasteiger partial charge >= 0.3 is 0 Å². The summed E-state index contributed by atoms with van der Waals surface area (Å²) in [6.45, 7) is 0.956. The van der Waals surface area contributed by atoms with Crippen LogP contribution in [0.25, 0.3) is 0 Å². The molecule has 2 aromatic carbocycles. The summed E-state index contributed by atoms with van der Waals surface area (Å²) in [5, 5.41) is 10.4. The Hall–Kier alpha value is -3.86. The number of hydrogen-bond acceptors (Lipinski definition) is 7. The van der Waals surface area contributed by atoms with Crippen LogP contribution in [0.5, 0.6) is 0 Å². The fourth-order valence-electron chi connectivity index (χ4n) is 3.19. The van der Waals surface area contributed by atoms with E-state index >= 15 is 0 Å². The molecule has 2 amide bonds. The zero-order valence-corrected chi connectivity index (χ0v) is 17.2. The van der Waals surface area contributed by atoms with Gasteiger partial charge in [0.2, 0.25) is 5.91 Å². The number of benzene rings is 2. The first kappa shape index (κ1) is 20.4. The number of aromatic nitrogens is 3. The molecular formula is C20H17N5O5S. The van der Waals surface area contributed by atoms with Crippen LogP contribution in [0.2, 0.25) is 0 Å². The lowest BCUT2D eigenvalue weighted by Crippen LogP contribution is -2.29. The van der Waals surface area contributed by atoms with Crippen LogP contribution in [-0.2, 0) is 27.9 Å². The van der Waals surface area contributed by atoms with E-state index in [1.165, 1.54) is 29.9 Å². The molecule has 0 saturated heterocycles. The summed E-state index contributed by atoms with van der Waals surface area (Å²) in [6, 6.07) is 12.5. The second kappa shape index (κ2) is 7.76. The van der Waals surface area contributed by atoms with E-state index in [0.29, 0.717) is 11.3 Å². The van der Waals surface area contributed by atoms with Crippen molar-refractivity contribution in [3.63, 3.8) is 0 Å². The van der Waals surface area contributed by atoms with E-state index in [-0.39, 0.29) is 35.0 Å². The first-order valence-corrected chi connectivity index (χ1v) is 10.7. The molecule has 158 valence electrons. The summed E-state index contributed by atoms with van der Waals surface area (Å²) in [4.78, 5) is 36.2. The highest BCUT2D eigenvalue weighted by molar-refractivity contribution is 7.90. The number of ketones is 1. The van der Waals surface area contributed by atoms with Gasteiger partial charge in [0.1, 0.15) is 17.1 Å². The number of carbonyl (C=O) groups is 3. The standard InChI is InChI=1S/C20H17N5O5S/c1-13(26)14-5-4-6-15(9-14)21-19(27)12-24-10-16(22-23-24)11-25-20(28)17-7-2-3-8-18(17)31(25,29)30/h2-10H,11-12H2,1H3,(H,21,27). The maximum atomic E-state index is 12.6. The van der Waals surface area contributed by atoms with E-state index in [1.54, 1.807) is 36.4 Å². The van der Waals surface area contributed by atoms with Crippen molar-refractivity contribution in [2.45, 2.75) is 24.9 Å². The normalized spacial score (nSPS) is 14.4. The lowest BCUT2D eigenvalue weighted by Gasteiger charge is -2.12. The van der Waals surface area contributed by atoms with Crippen molar-refractivity contribution < 1.29 is 22.8 Å². The quantitative estimate of drug-likeness (QED) is 0.575. The highest BCUT2D eigenvalue weighted by atomic mass is 32.2. The number of nitrogens with zero attached hydrogens (tertiary/aromatic N) is 4. The molecule has 2 heterocycles. The Balaban J connectivity index is 1.43. The summed E-state index contributed by atoms with van der Waals surface area (Å²) >= 11 is 0. The molecule has 1 N–H and O–H groups in total. The zero-order valence-electron chi connectivity index (χ0n) is 16.3. The van der Waals surface area contributed by atoms with Crippen LogP contribution in [0.3, 0.4) is 0 Å². The minimum Gasteiger partial charge on any atom is -0.324 e. The molecule has 0 atom stereocenters. The first-order valence-electron chi connectivity index (χ1n) is 9.21. The van der Waals surface area contributed by atoms with Gasteiger partial charge in [-0.05, 0) is 31.2 Å². The van der Waals surface area contributed by atoms with Gasteiger partial charge in [-0.25, -0.2) is 17.4 Å². The molecule has 3 aromatic rings. The molecule has 0 unspecified atom stereocenters. The first-order chi connectivity index (χ1) is 14.8. The van der Waals surface area contributed by atoms with Gasteiger partial charge in [-0.3, -0.25) is 14.4 Å². The number of fused-ring (bicyclic) bond motifs is 1. The molecule has 0 bridgehead atoms. The summed E-state index contributed by atoms with van der Waals surface area (Å²) in [5.74, 6) is -1.16. The molecule has 0 radical (unpaired) electrons. The van der Waals surface area contributed by atoms with Crippen LogP contribution in [-0.4, -0.2) is 45.3 Å². The van der Waals surface area contributed by atoms with Crippen LogP contribution >= 0.6 is 0 Å². The monoisotopic (exact) mass is 439 g/mol. The maximum Gasteiger partial charge on any atom is 0.269 e. The lowest BCUT2D eigenvalue weighted by atomic mass is 10.1. The van der Waals surface area contributed by atoms with Crippen molar-refractivity contribution in [2.24, 2.45) is 0 Å². The molecule has 1 aliphatic rings. The minimum absolute atomic E-state index is 0.0421. The molecular weight excluding hydrogens is 422 g/mol. The average molecular weight is 439 g/mol. The minimum atomic E-state index is -3.96. The summed E-state index contributed by atoms with van der Waals surface area (Å²) in [6.07, 6.45) is 1.40. The van der Waals surface area contributed by atoms with Crippen molar-refractivity contribution in [1.29, 1.82) is 0 Å². The van der Waals surface area contributed by atoms with Crippen LogP contribution < -0.4 is 5.32 Å². The molecule has 10 nitrogen and oxygen atoms in total. The van der Waals surface area contributed by atoms with Crippen LogP contribution in [0.1, 0.15) is 33.3 Å². The highest BCUT2D eigenvalue weighted by Gasteiger charge is 2.41. The number of amides is 2. The third-order valence-electron chi connectivity index (χ3n) is 4.66. The van der Waals surface area contributed by atoms with Crippen molar-refractivity contribution in [2.75, 3.05) is 5.32 Å². The second-order valence-corrected chi connectivity index (χ2v) is 8.74. The van der Waals surface area contributed by atoms with Crippen molar-refractivity contribution in [1.82, 2.24) is 19.3 Å². The van der Waals surface area contributed by atoms with E-state index < -0.39 is 21.8 Å². The average Bonchev–Trinajstić information content (AvgIpc) is 3.25. The summed E-state index contributed by atoms with van der Waals surface area (Å²) in [7, 11) is -3.96. The molecule has 1 aliphatic heterocycles. The van der Waals surface area contributed by atoms with Crippen LogP contribution in [0.4, 0.5) is 5.69 Å². The van der Waals surface area contributed by atoms with E-state index in [2.05, 4.69) is 15.6 Å². The topological polar surface area (TPSA) is 131 Å². The van der Waals surface area contributed by atoms with E-state index in [4.69, 9.17) is 0 Å². The SMILES string of the molecule is CC(=O)c1cccc(NC(=O)Cn2cc(CN3C(=O)c4ccccc4S3(=O)=O)nn2)c1. The lowest BCUT2D eigenvalue weighted by molar-refractivity contribution is -0.116. The Morgan fingerprint density at radius 1 is 1.10 bits per heavy atom. The molecule has 0 aliphatic carbocycles. The van der Waals surface area contributed by atoms with Crippen molar-refractivity contribution in [3.05, 3.63) is 71.5 Å². The Kier molecular flexibility index (Phi) is 5.11. The third-order valence-corrected chi connectivity index (χ3v) is 6.45. The number of Topliss-reactive ketones (excluding diaryl/α,β-unsaturated/α-hetero) is 1. The molecule has 4 rings (SSSR count). The van der Waals surface area contributed by atoms with Crippen LogP contribution in [0, 0.1) is 0 Å². The largest absolute Gasteiger partial charge is 0.324 e. The highest BCUT2D eigenvalue weighted by Crippen LogP contribution is 2.30. The number of rotatable bonds is 6. The molecule has 0 saturated carbocycles. The Morgan fingerprint density at radius 3 is 2.61 bits per heavy atom. The number of nitrogens with one attached hydrogen (secondary N) is 1. The van der Waals surface area contributed by atoms with Crippen molar-refractivity contribution in [3.8, 4) is 0 Å². The van der Waals surface area contributed by atoms with Gasteiger partial charge in [-0.15, -0.1) is 5.10 Å². The number of carbonyl (C=O) groups excluding carboxylic acids is 3. The molecule has 31 heavy (non-hydrogen) atoms. The zero-order chi connectivity index (χ0) is 22.2. The number of anilines is 1. The van der Waals surface area contributed by atoms with Gasteiger partial charge < -0.3 is 5.32 Å². The third kappa shape index (κ3) is 3.94. The van der Waals surface area contributed by atoms with Gasteiger partial charge in [0.05, 0.1) is 18.3 Å². The number of sulfonamides is 1. The predicted octanol–water partition coefficient (Wildman–Crippen LogP) is 1.46. The van der Waals surface area contributed by atoms with E-state index in [1.807, 2.05) is 0 Å². The fraction of sp³-hybridized carbons (Fsp3) is 0.150. The van der Waals surface area contributed by atoms with Crippen molar-refractivity contribution >= 4 is 33.3 Å². The van der Waals surface area contributed by atoms with Gasteiger partial charge in [0.15, 0.2) is 5.78 Å². The maximum absolute atomic E-state index is 12.6.